The van der Waals surface area contributed by atoms with Crippen LogP contribution in [-0.2, 0) is 6.42 Å². The van der Waals surface area contributed by atoms with Crippen molar-refractivity contribution >= 4 is 0 Å². The fourth-order valence-electron chi connectivity index (χ4n) is 1.50. The van der Waals surface area contributed by atoms with E-state index in [9.17, 15) is 0 Å². The van der Waals surface area contributed by atoms with Crippen LogP contribution in [0.25, 0.3) is 0 Å². The maximum absolute atomic E-state index is 5.91. The zero-order valence-electron chi connectivity index (χ0n) is 9.62. The van der Waals surface area contributed by atoms with Gasteiger partial charge in [-0.25, -0.2) is 0 Å². The third kappa shape index (κ3) is 2.15. The molecule has 1 heterocycles. The number of aryl methyl sites for hydroxylation is 1. The largest absolute Gasteiger partial charge is 0.323 e. The lowest BCUT2D eigenvalue weighted by molar-refractivity contribution is 0.447. The summed E-state index contributed by atoms with van der Waals surface area (Å²) in [4.78, 5) is 0. The smallest absolute Gasteiger partial charge is 0.0625 e. The number of aromatic nitrogens is 2. The quantitative estimate of drug-likeness (QED) is 0.802. The minimum atomic E-state index is 0.0665. The molecule has 1 aromatic heterocycles. The second-order valence-corrected chi connectivity index (χ2v) is 3.90. The van der Waals surface area contributed by atoms with E-state index in [0.717, 1.165) is 24.2 Å². The van der Waals surface area contributed by atoms with Crippen LogP contribution >= 0.6 is 0 Å². The van der Waals surface area contributed by atoms with Crippen LogP contribution in [0.2, 0.25) is 0 Å². The Morgan fingerprint density at radius 2 is 2.07 bits per heavy atom. The highest BCUT2D eigenvalue weighted by atomic mass is 15.3. The fourth-order valence-corrected chi connectivity index (χ4v) is 1.50. The molecule has 0 aromatic carbocycles. The molecule has 0 spiro atoms. The molecule has 0 fully saturated rings. The van der Waals surface area contributed by atoms with Gasteiger partial charge in [-0.05, 0) is 32.8 Å². The Kier molecular flexibility index (Phi) is 3.69. The number of nitrogens with two attached hydrogens (primary N) is 1. The molecule has 1 unspecified atom stereocenters. The van der Waals surface area contributed by atoms with Gasteiger partial charge in [0.25, 0.3) is 0 Å². The predicted molar refractivity (Wildman–Crippen MR) is 59.2 cm³/mol. The summed E-state index contributed by atoms with van der Waals surface area (Å²) in [6.45, 7) is 8.48. The molecule has 0 aliphatic rings. The van der Waals surface area contributed by atoms with Crippen molar-refractivity contribution in [3.05, 3.63) is 17.5 Å². The average molecular weight is 195 g/mol. The second-order valence-electron chi connectivity index (χ2n) is 3.90. The number of hydrogen-bond acceptors (Lipinski definition) is 2. The minimum Gasteiger partial charge on any atom is -0.323 e. The van der Waals surface area contributed by atoms with Crippen molar-refractivity contribution in [2.45, 2.75) is 52.6 Å². The van der Waals surface area contributed by atoms with Crippen LogP contribution in [0.15, 0.2) is 6.07 Å². The van der Waals surface area contributed by atoms with Crippen molar-refractivity contribution in [3.63, 3.8) is 0 Å². The van der Waals surface area contributed by atoms with E-state index in [4.69, 9.17) is 5.73 Å². The summed E-state index contributed by atoms with van der Waals surface area (Å²) in [5.74, 6) is 0. The molecule has 1 rings (SSSR count). The van der Waals surface area contributed by atoms with Crippen molar-refractivity contribution in [1.29, 1.82) is 0 Å². The van der Waals surface area contributed by atoms with Gasteiger partial charge in [-0.15, -0.1) is 0 Å². The highest BCUT2D eigenvalue weighted by Gasteiger charge is 2.13. The molecule has 0 aliphatic carbocycles. The van der Waals surface area contributed by atoms with Gasteiger partial charge in [-0.2, -0.15) is 5.10 Å². The van der Waals surface area contributed by atoms with E-state index in [1.54, 1.807) is 0 Å². The highest BCUT2D eigenvalue weighted by molar-refractivity contribution is 5.14. The summed E-state index contributed by atoms with van der Waals surface area (Å²) in [6, 6.07) is 2.63. The summed E-state index contributed by atoms with van der Waals surface area (Å²) in [5.41, 5.74) is 8.20. The summed E-state index contributed by atoms with van der Waals surface area (Å²) < 4.78 is 2.07. The third-order valence-corrected chi connectivity index (χ3v) is 2.65. The van der Waals surface area contributed by atoms with Crippen LogP contribution < -0.4 is 5.73 Å². The first-order chi connectivity index (χ1) is 6.60. The van der Waals surface area contributed by atoms with Gasteiger partial charge < -0.3 is 5.73 Å². The summed E-state index contributed by atoms with van der Waals surface area (Å²) >= 11 is 0. The second kappa shape index (κ2) is 4.60. The van der Waals surface area contributed by atoms with E-state index in [1.165, 1.54) is 0 Å². The summed E-state index contributed by atoms with van der Waals surface area (Å²) in [5, 5.41) is 4.56. The zero-order valence-corrected chi connectivity index (χ0v) is 9.62. The molecule has 0 amide bonds. The SMILES string of the molecule is CCc1cc([C@H](C)N)n(C(C)CC)n1. The number of hydrogen-bond donors (Lipinski definition) is 1. The lowest BCUT2D eigenvalue weighted by Crippen LogP contribution is -2.16. The van der Waals surface area contributed by atoms with E-state index in [2.05, 4.69) is 36.6 Å². The van der Waals surface area contributed by atoms with Gasteiger partial charge in [0.15, 0.2) is 0 Å². The van der Waals surface area contributed by atoms with Crippen LogP contribution in [0.5, 0.6) is 0 Å². The van der Waals surface area contributed by atoms with Crippen LogP contribution in [-0.4, -0.2) is 9.78 Å². The Balaban J connectivity index is 3.05. The lowest BCUT2D eigenvalue weighted by atomic mass is 10.2. The number of rotatable bonds is 4. The first-order valence-electron chi connectivity index (χ1n) is 5.44. The first-order valence-corrected chi connectivity index (χ1v) is 5.44. The molecule has 0 aliphatic heterocycles. The van der Waals surface area contributed by atoms with Gasteiger partial charge in [-0.3, -0.25) is 4.68 Å². The van der Waals surface area contributed by atoms with E-state index in [0.29, 0.717) is 6.04 Å². The lowest BCUT2D eigenvalue weighted by Gasteiger charge is -2.15. The zero-order chi connectivity index (χ0) is 10.7. The normalized spacial score (nSPS) is 15.5. The monoisotopic (exact) mass is 195 g/mol. The molecule has 3 nitrogen and oxygen atoms in total. The van der Waals surface area contributed by atoms with Crippen LogP contribution in [0, 0.1) is 0 Å². The Bertz CT molecular complexity index is 289. The highest BCUT2D eigenvalue weighted by Crippen LogP contribution is 2.19. The van der Waals surface area contributed by atoms with Crippen molar-refractivity contribution in [2.75, 3.05) is 0 Å². The third-order valence-electron chi connectivity index (χ3n) is 2.65. The van der Waals surface area contributed by atoms with Gasteiger partial charge in [0, 0.05) is 12.1 Å². The van der Waals surface area contributed by atoms with Crippen molar-refractivity contribution in [3.8, 4) is 0 Å². The van der Waals surface area contributed by atoms with E-state index in [-0.39, 0.29) is 6.04 Å². The molecule has 3 heteroatoms. The van der Waals surface area contributed by atoms with Gasteiger partial charge >= 0.3 is 0 Å². The van der Waals surface area contributed by atoms with Gasteiger partial charge in [0.05, 0.1) is 11.4 Å². The van der Waals surface area contributed by atoms with Gasteiger partial charge in [0.1, 0.15) is 0 Å². The maximum Gasteiger partial charge on any atom is 0.0625 e. The molecule has 14 heavy (non-hydrogen) atoms. The summed E-state index contributed by atoms with van der Waals surface area (Å²) in [6.07, 6.45) is 2.06. The molecular weight excluding hydrogens is 174 g/mol. The molecule has 80 valence electrons. The molecule has 1 aromatic rings. The Morgan fingerprint density at radius 3 is 2.50 bits per heavy atom. The molecule has 2 N–H and O–H groups in total. The van der Waals surface area contributed by atoms with Crippen LogP contribution in [0.1, 0.15) is 57.6 Å². The van der Waals surface area contributed by atoms with Crippen LogP contribution in [0.4, 0.5) is 0 Å². The molecule has 0 saturated carbocycles. The molecule has 0 radical (unpaired) electrons. The maximum atomic E-state index is 5.91. The molecular formula is C11H21N3. The predicted octanol–water partition coefficient (Wildman–Crippen LogP) is 2.44. The Morgan fingerprint density at radius 1 is 1.43 bits per heavy atom. The topological polar surface area (TPSA) is 43.8 Å². The minimum absolute atomic E-state index is 0.0665. The van der Waals surface area contributed by atoms with Crippen molar-refractivity contribution in [1.82, 2.24) is 9.78 Å². The van der Waals surface area contributed by atoms with E-state index in [1.807, 2.05) is 6.92 Å². The molecule has 2 atom stereocenters. The Labute approximate surface area is 86.3 Å². The summed E-state index contributed by atoms with van der Waals surface area (Å²) in [7, 11) is 0. The standard InChI is InChI=1S/C11H21N3/c1-5-8(3)14-11(9(4)12)7-10(6-2)13-14/h7-9H,5-6,12H2,1-4H3/t8?,9-/m0/s1. The van der Waals surface area contributed by atoms with E-state index < -0.39 is 0 Å². The fraction of sp³-hybridized carbons (Fsp3) is 0.727. The van der Waals surface area contributed by atoms with Crippen molar-refractivity contribution in [2.24, 2.45) is 5.73 Å². The molecule has 0 saturated heterocycles. The van der Waals surface area contributed by atoms with Crippen molar-refractivity contribution < 1.29 is 0 Å². The Hall–Kier alpha value is -0.830. The van der Waals surface area contributed by atoms with E-state index >= 15 is 0 Å². The first kappa shape index (κ1) is 11.2. The number of nitrogens with zero attached hydrogens (tertiary/aromatic N) is 2. The molecule has 0 bridgehead atoms. The van der Waals surface area contributed by atoms with Gasteiger partial charge in [0.2, 0.25) is 0 Å². The van der Waals surface area contributed by atoms with Crippen LogP contribution in [0.3, 0.4) is 0 Å². The average Bonchev–Trinajstić information content (AvgIpc) is 2.60. The van der Waals surface area contributed by atoms with Gasteiger partial charge in [-0.1, -0.05) is 13.8 Å².